The third kappa shape index (κ3) is 2.38. The Morgan fingerprint density at radius 2 is 2.00 bits per heavy atom. The molecule has 5 rings (SSSR count). The first-order valence-corrected chi connectivity index (χ1v) is 8.34. The molecule has 0 bridgehead atoms. The van der Waals surface area contributed by atoms with Crippen molar-refractivity contribution in [3.8, 4) is 11.3 Å². The molecule has 4 heterocycles. The molecule has 1 aliphatic rings. The van der Waals surface area contributed by atoms with Gasteiger partial charge in [-0.1, -0.05) is 30.3 Å². The first-order valence-electron chi connectivity index (χ1n) is 8.34. The lowest BCUT2D eigenvalue weighted by molar-refractivity contribution is 0.498. The average Bonchev–Trinajstić information content (AvgIpc) is 3.25. The highest BCUT2D eigenvalue weighted by atomic mass is 16.3. The van der Waals surface area contributed by atoms with Gasteiger partial charge in [0.2, 0.25) is 5.95 Å². The number of furan rings is 1. The maximum absolute atomic E-state index is 6.07. The molecule has 0 N–H and O–H groups in total. The van der Waals surface area contributed by atoms with Crippen LogP contribution in [0.25, 0.3) is 22.5 Å². The summed E-state index contributed by atoms with van der Waals surface area (Å²) in [6.45, 7) is 1.59. The number of nitrogens with zero attached hydrogens (tertiary/aromatic N) is 5. The van der Waals surface area contributed by atoms with E-state index >= 15 is 0 Å². The van der Waals surface area contributed by atoms with Crippen LogP contribution in [0.1, 0.15) is 11.3 Å². The number of imidazole rings is 1. The summed E-state index contributed by atoms with van der Waals surface area (Å²) in [4.78, 5) is 15.6. The first kappa shape index (κ1) is 14.2. The predicted octanol–water partition coefficient (Wildman–Crippen LogP) is 3.19. The molecule has 6 nitrogen and oxygen atoms in total. The van der Waals surface area contributed by atoms with Gasteiger partial charge in [0, 0.05) is 37.7 Å². The summed E-state index contributed by atoms with van der Waals surface area (Å²) in [5.74, 6) is 2.71. The summed E-state index contributed by atoms with van der Waals surface area (Å²) in [5, 5.41) is 0. The summed E-state index contributed by atoms with van der Waals surface area (Å²) in [6.07, 6.45) is 4.45. The van der Waals surface area contributed by atoms with Crippen molar-refractivity contribution in [3.05, 3.63) is 60.2 Å². The fraction of sp³-hybridized carbons (Fsp3) is 0.211. The van der Waals surface area contributed by atoms with Gasteiger partial charge in [-0.25, -0.2) is 9.97 Å². The SMILES string of the molecule is Cn1cnc2nc(N3CCc4oc(-c5ccccc5)cc4C3)ncc21. The van der Waals surface area contributed by atoms with Crippen LogP contribution < -0.4 is 4.90 Å². The topological polar surface area (TPSA) is 60.0 Å². The standard InChI is InChI=1S/C19H17N5O/c1-23-12-21-18-15(23)10-20-19(22-18)24-8-7-16-14(11-24)9-17(25-16)13-5-3-2-4-6-13/h2-6,9-10,12H,7-8,11H2,1H3. The summed E-state index contributed by atoms with van der Waals surface area (Å²) in [6, 6.07) is 12.3. The van der Waals surface area contributed by atoms with Crippen molar-refractivity contribution >= 4 is 17.1 Å². The van der Waals surface area contributed by atoms with Crippen LogP contribution in [-0.2, 0) is 20.0 Å². The molecule has 25 heavy (non-hydrogen) atoms. The van der Waals surface area contributed by atoms with Gasteiger partial charge < -0.3 is 13.9 Å². The minimum atomic E-state index is 0.722. The Morgan fingerprint density at radius 1 is 1.12 bits per heavy atom. The second-order valence-corrected chi connectivity index (χ2v) is 6.33. The number of benzene rings is 1. The molecule has 0 radical (unpaired) electrons. The Kier molecular flexibility index (Phi) is 3.09. The summed E-state index contributed by atoms with van der Waals surface area (Å²) < 4.78 is 7.99. The number of hydrogen-bond donors (Lipinski definition) is 0. The second kappa shape index (κ2) is 5.44. The molecular weight excluding hydrogens is 314 g/mol. The fourth-order valence-corrected chi connectivity index (χ4v) is 3.31. The molecule has 1 aliphatic heterocycles. The van der Waals surface area contributed by atoms with Crippen molar-refractivity contribution in [1.82, 2.24) is 19.5 Å². The molecule has 0 spiro atoms. The van der Waals surface area contributed by atoms with Crippen molar-refractivity contribution < 1.29 is 4.42 Å². The minimum absolute atomic E-state index is 0.722. The van der Waals surface area contributed by atoms with Gasteiger partial charge in [-0.05, 0) is 6.07 Å². The lowest BCUT2D eigenvalue weighted by atomic mass is 10.1. The number of anilines is 1. The zero-order valence-electron chi connectivity index (χ0n) is 13.9. The number of aromatic nitrogens is 4. The molecule has 0 unspecified atom stereocenters. The van der Waals surface area contributed by atoms with Gasteiger partial charge in [0.1, 0.15) is 17.0 Å². The molecule has 3 aromatic heterocycles. The minimum Gasteiger partial charge on any atom is -0.461 e. The van der Waals surface area contributed by atoms with Crippen LogP contribution in [0.15, 0.2) is 53.3 Å². The second-order valence-electron chi connectivity index (χ2n) is 6.33. The maximum Gasteiger partial charge on any atom is 0.227 e. The van der Waals surface area contributed by atoms with E-state index in [2.05, 4.69) is 38.1 Å². The molecule has 0 aliphatic carbocycles. The summed E-state index contributed by atoms with van der Waals surface area (Å²) in [5.41, 5.74) is 3.98. The van der Waals surface area contributed by atoms with Crippen LogP contribution in [0.2, 0.25) is 0 Å². The fourth-order valence-electron chi connectivity index (χ4n) is 3.31. The summed E-state index contributed by atoms with van der Waals surface area (Å²) in [7, 11) is 1.95. The van der Waals surface area contributed by atoms with Gasteiger partial charge in [0.05, 0.1) is 12.5 Å². The highest BCUT2D eigenvalue weighted by molar-refractivity contribution is 5.71. The Bertz CT molecular complexity index is 1050. The van der Waals surface area contributed by atoms with Gasteiger partial charge in [-0.2, -0.15) is 4.98 Å². The van der Waals surface area contributed by atoms with Crippen LogP contribution in [0, 0.1) is 0 Å². The zero-order valence-corrected chi connectivity index (χ0v) is 13.9. The van der Waals surface area contributed by atoms with Crippen LogP contribution in [0.5, 0.6) is 0 Å². The van der Waals surface area contributed by atoms with Gasteiger partial charge in [0.15, 0.2) is 5.65 Å². The Hall–Kier alpha value is -3.15. The number of fused-ring (bicyclic) bond motifs is 2. The van der Waals surface area contributed by atoms with E-state index in [4.69, 9.17) is 4.42 Å². The molecule has 0 saturated heterocycles. The van der Waals surface area contributed by atoms with E-state index in [0.717, 1.165) is 53.7 Å². The van der Waals surface area contributed by atoms with E-state index < -0.39 is 0 Å². The van der Waals surface area contributed by atoms with Gasteiger partial charge in [0.25, 0.3) is 0 Å². The largest absolute Gasteiger partial charge is 0.461 e. The van der Waals surface area contributed by atoms with Gasteiger partial charge in [-0.15, -0.1) is 0 Å². The molecule has 0 amide bonds. The highest BCUT2D eigenvalue weighted by Crippen LogP contribution is 2.30. The lowest BCUT2D eigenvalue weighted by Crippen LogP contribution is -2.31. The number of rotatable bonds is 2. The highest BCUT2D eigenvalue weighted by Gasteiger charge is 2.23. The normalized spacial score (nSPS) is 14.0. The third-order valence-electron chi connectivity index (χ3n) is 4.68. The molecule has 0 saturated carbocycles. The van der Waals surface area contributed by atoms with Crippen LogP contribution in [-0.4, -0.2) is 26.1 Å². The molecule has 0 fully saturated rings. The molecule has 124 valence electrons. The van der Waals surface area contributed by atoms with Crippen molar-refractivity contribution in [2.24, 2.45) is 7.05 Å². The van der Waals surface area contributed by atoms with Gasteiger partial charge in [-0.3, -0.25) is 0 Å². The van der Waals surface area contributed by atoms with E-state index in [1.54, 1.807) is 6.33 Å². The van der Waals surface area contributed by atoms with Crippen LogP contribution in [0.3, 0.4) is 0 Å². The number of hydrogen-bond acceptors (Lipinski definition) is 5. The first-order chi connectivity index (χ1) is 12.3. The van der Waals surface area contributed by atoms with E-state index in [0.29, 0.717) is 0 Å². The zero-order chi connectivity index (χ0) is 16.8. The monoisotopic (exact) mass is 331 g/mol. The molecule has 4 aromatic rings. The smallest absolute Gasteiger partial charge is 0.227 e. The quantitative estimate of drug-likeness (QED) is 0.564. The van der Waals surface area contributed by atoms with E-state index in [9.17, 15) is 0 Å². The third-order valence-corrected chi connectivity index (χ3v) is 4.68. The Morgan fingerprint density at radius 3 is 2.88 bits per heavy atom. The van der Waals surface area contributed by atoms with E-state index in [-0.39, 0.29) is 0 Å². The number of aryl methyl sites for hydroxylation is 1. The maximum atomic E-state index is 6.07. The van der Waals surface area contributed by atoms with Crippen LogP contribution in [0.4, 0.5) is 5.95 Å². The van der Waals surface area contributed by atoms with Crippen molar-refractivity contribution in [2.75, 3.05) is 11.4 Å². The van der Waals surface area contributed by atoms with Crippen molar-refractivity contribution in [1.29, 1.82) is 0 Å². The molecule has 1 aromatic carbocycles. The van der Waals surface area contributed by atoms with Crippen molar-refractivity contribution in [2.45, 2.75) is 13.0 Å². The van der Waals surface area contributed by atoms with Crippen molar-refractivity contribution in [3.63, 3.8) is 0 Å². The van der Waals surface area contributed by atoms with E-state index in [1.165, 1.54) is 5.56 Å². The predicted molar refractivity (Wildman–Crippen MR) is 95.2 cm³/mol. The molecule has 6 heteroatoms. The average molecular weight is 331 g/mol. The molecule has 0 atom stereocenters. The van der Waals surface area contributed by atoms with Crippen LogP contribution >= 0.6 is 0 Å². The Balaban J connectivity index is 1.46. The van der Waals surface area contributed by atoms with E-state index in [1.807, 2.05) is 36.0 Å². The van der Waals surface area contributed by atoms with Gasteiger partial charge >= 0.3 is 0 Å². The summed E-state index contributed by atoms with van der Waals surface area (Å²) >= 11 is 0. The Labute approximate surface area is 144 Å². The molecular formula is C19H17N5O. The lowest BCUT2D eigenvalue weighted by Gasteiger charge is -2.25.